The number of thiophene rings is 1. The van der Waals surface area contributed by atoms with Crippen molar-refractivity contribution in [3.05, 3.63) is 22.7 Å². The zero-order valence-electron chi connectivity index (χ0n) is 9.83. The second kappa shape index (κ2) is 5.39. The van der Waals surface area contributed by atoms with E-state index >= 15 is 0 Å². The summed E-state index contributed by atoms with van der Waals surface area (Å²) in [6, 6.07) is 1.95. The normalized spacial score (nSPS) is 13.2. The van der Waals surface area contributed by atoms with E-state index in [0.29, 0.717) is 24.8 Å². The van der Waals surface area contributed by atoms with Crippen molar-refractivity contribution < 1.29 is 9.63 Å². The minimum atomic E-state index is -0.358. The summed E-state index contributed by atoms with van der Waals surface area (Å²) in [7, 11) is 1.91. The van der Waals surface area contributed by atoms with Crippen LogP contribution in [0.2, 0.25) is 0 Å². The Bertz CT molecular complexity index is 453. The number of aliphatic hydroxyl groups excluding tert-OH is 1. The summed E-state index contributed by atoms with van der Waals surface area (Å²) in [6.07, 6.45) is -0.358. The average molecular weight is 253 g/mol. The van der Waals surface area contributed by atoms with E-state index in [1.807, 2.05) is 28.8 Å². The average Bonchev–Trinajstić information content (AvgIpc) is 2.84. The molecule has 0 saturated carbocycles. The Morgan fingerprint density at radius 3 is 3.06 bits per heavy atom. The van der Waals surface area contributed by atoms with E-state index in [9.17, 15) is 5.11 Å². The Hall–Kier alpha value is -1.24. The van der Waals surface area contributed by atoms with Gasteiger partial charge in [0.2, 0.25) is 0 Å². The van der Waals surface area contributed by atoms with Gasteiger partial charge in [-0.25, -0.2) is 0 Å². The molecule has 0 radical (unpaired) electrons. The van der Waals surface area contributed by atoms with Crippen molar-refractivity contribution in [3.63, 3.8) is 0 Å². The maximum absolute atomic E-state index is 9.25. The van der Waals surface area contributed by atoms with Gasteiger partial charge in [0.25, 0.3) is 5.89 Å². The van der Waals surface area contributed by atoms with Crippen molar-refractivity contribution in [2.45, 2.75) is 19.6 Å². The third-order valence-corrected chi connectivity index (χ3v) is 2.91. The first-order valence-corrected chi connectivity index (χ1v) is 6.31. The van der Waals surface area contributed by atoms with E-state index in [1.165, 1.54) is 0 Å². The Morgan fingerprint density at radius 2 is 2.41 bits per heavy atom. The van der Waals surface area contributed by atoms with Crippen LogP contribution in [0.1, 0.15) is 12.7 Å². The van der Waals surface area contributed by atoms with Crippen LogP contribution in [0.15, 0.2) is 21.3 Å². The van der Waals surface area contributed by atoms with Crippen LogP contribution in [-0.2, 0) is 6.54 Å². The molecule has 1 atom stereocenters. The molecule has 0 aliphatic rings. The number of aliphatic hydroxyl groups is 1. The molecule has 2 aromatic heterocycles. The summed E-state index contributed by atoms with van der Waals surface area (Å²) < 4.78 is 5.17. The first-order valence-electron chi connectivity index (χ1n) is 5.37. The van der Waals surface area contributed by atoms with Crippen LogP contribution < -0.4 is 0 Å². The van der Waals surface area contributed by atoms with Gasteiger partial charge in [0.1, 0.15) is 0 Å². The lowest BCUT2D eigenvalue weighted by Gasteiger charge is -2.15. The summed E-state index contributed by atoms with van der Waals surface area (Å²) in [5.41, 5.74) is 0.951. The van der Waals surface area contributed by atoms with Gasteiger partial charge in [-0.3, -0.25) is 4.90 Å². The minimum Gasteiger partial charge on any atom is -0.392 e. The van der Waals surface area contributed by atoms with Crippen molar-refractivity contribution in [1.82, 2.24) is 15.0 Å². The molecule has 5 nitrogen and oxygen atoms in total. The van der Waals surface area contributed by atoms with Crippen molar-refractivity contribution in [2.75, 3.05) is 13.6 Å². The predicted molar refractivity (Wildman–Crippen MR) is 65.6 cm³/mol. The summed E-state index contributed by atoms with van der Waals surface area (Å²) >= 11 is 1.59. The second-order valence-corrected chi connectivity index (χ2v) is 4.85. The lowest BCUT2D eigenvalue weighted by atomic mass is 10.3. The second-order valence-electron chi connectivity index (χ2n) is 4.07. The standard InChI is InChI=1S/C11H15N3O2S/c1-8(15)5-14(2)6-10-12-11(16-13-10)9-3-4-17-7-9/h3-4,7-8,15H,5-6H2,1-2H3. The molecule has 1 unspecified atom stereocenters. The van der Waals surface area contributed by atoms with Crippen molar-refractivity contribution in [2.24, 2.45) is 0 Å². The van der Waals surface area contributed by atoms with E-state index in [1.54, 1.807) is 18.3 Å². The highest BCUT2D eigenvalue weighted by atomic mass is 32.1. The SMILES string of the molecule is CC(O)CN(C)Cc1noc(-c2ccsc2)n1. The summed E-state index contributed by atoms with van der Waals surface area (Å²) in [5, 5.41) is 17.1. The monoisotopic (exact) mass is 253 g/mol. The molecule has 0 saturated heterocycles. The van der Waals surface area contributed by atoms with Gasteiger partial charge in [0, 0.05) is 11.9 Å². The van der Waals surface area contributed by atoms with E-state index in [-0.39, 0.29) is 6.10 Å². The smallest absolute Gasteiger partial charge is 0.258 e. The zero-order valence-corrected chi connectivity index (χ0v) is 10.6. The molecular weight excluding hydrogens is 238 g/mol. The Labute approximate surface area is 104 Å². The molecule has 6 heteroatoms. The van der Waals surface area contributed by atoms with Gasteiger partial charge >= 0.3 is 0 Å². The van der Waals surface area contributed by atoms with Crippen LogP contribution in [0.25, 0.3) is 11.5 Å². The Morgan fingerprint density at radius 1 is 1.59 bits per heavy atom. The highest BCUT2D eigenvalue weighted by Crippen LogP contribution is 2.19. The first kappa shape index (κ1) is 12.2. The first-order chi connectivity index (χ1) is 8.15. The molecule has 0 aromatic carbocycles. The molecular formula is C11H15N3O2S. The van der Waals surface area contributed by atoms with Gasteiger partial charge in [-0.05, 0) is 25.4 Å². The fourth-order valence-corrected chi connectivity index (χ4v) is 2.21. The van der Waals surface area contributed by atoms with Gasteiger partial charge in [-0.2, -0.15) is 16.3 Å². The molecule has 0 bridgehead atoms. The van der Waals surface area contributed by atoms with Gasteiger partial charge in [0.15, 0.2) is 5.82 Å². The van der Waals surface area contributed by atoms with E-state index in [0.717, 1.165) is 5.56 Å². The topological polar surface area (TPSA) is 62.4 Å². The third-order valence-electron chi connectivity index (χ3n) is 2.22. The molecule has 2 rings (SSSR count). The minimum absolute atomic E-state index is 0.358. The molecule has 17 heavy (non-hydrogen) atoms. The van der Waals surface area contributed by atoms with Gasteiger partial charge in [-0.15, -0.1) is 0 Å². The molecule has 0 spiro atoms. The maximum Gasteiger partial charge on any atom is 0.258 e. The maximum atomic E-state index is 9.25. The number of hydrogen-bond acceptors (Lipinski definition) is 6. The summed E-state index contributed by atoms with van der Waals surface area (Å²) in [5.74, 6) is 1.18. The summed E-state index contributed by atoms with van der Waals surface area (Å²) in [6.45, 7) is 2.91. The Balaban J connectivity index is 1.99. The van der Waals surface area contributed by atoms with E-state index in [2.05, 4.69) is 10.1 Å². The number of hydrogen-bond donors (Lipinski definition) is 1. The van der Waals surface area contributed by atoms with Crippen LogP contribution in [0.4, 0.5) is 0 Å². The highest BCUT2D eigenvalue weighted by molar-refractivity contribution is 7.08. The van der Waals surface area contributed by atoms with Crippen LogP contribution in [-0.4, -0.2) is 39.8 Å². The number of likely N-dealkylation sites (N-methyl/N-ethyl adjacent to an activating group) is 1. The molecule has 0 aliphatic carbocycles. The van der Waals surface area contributed by atoms with E-state index < -0.39 is 0 Å². The molecule has 2 heterocycles. The molecule has 1 N–H and O–H groups in total. The quantitative estimate of drug-likeness (QED) is 0.877. The molecule has 2 aromatic rings. The molecule has 0 amide bonds. The van der Waals surface area contributed by atoms with Crippen LogP contribution in [0, 0.1) is 0 Å². The fraction of sp³-hybridized carbons (Fsp3) is 0.455. The lowest BCUT2D eigenvalue weighted by Crippen LogP contribution is -2.27. The zero-order chi connectivity index (χ0) is 12.3. The Kier molecular flexibility index (Phi) is 3.88. The largest absolute Gasteiger partial charge is 0.392 e. The molecule has 92 valence electrons. The van der Waals surface area contributed by atoms with Gasteiger partial charge in [-0.1, -0.05) is 5.16 Å². The predicted octanol–water partition coefficient (Wildman–Crippen LogP) is 1.61. The van der Waals surface area contributed by atoms with Crippen LogP contribution in [0.5, 0.6) is 0 Å². The molecule has 0 fully saturated rings. The number of rotatable bonds is 5. The summed E-state index contributed by atoms with van der Waals surface area (Å²) in [4.78, 5) is 6.26. The van der Waals surface area contributed by atoms with Gasteiger partial charge in [0.05, 0.1) is 18.2 Å². The number of aromatic nitrogens is 2. The lowest BCUT2D eigenvalue weighted by molar-refractivity contribution is 0.136. The van der Waals surface area contributed by atoms with Gasteiger partial charge < -0.3 is 9.63 Å². The van der Waals surface area contributed by atoms with Crippen LogP contribution in [0.3, 0.4) is 0 Å². The number of nitrogens with zero attached hydrogens (tertiary/aromatic N) is 3. The third kappa shape index (κ3) is 3.36. The molecule has 0 aliphatic heterocycles. The van der Waals surface area contributed by atoms with E-state index in [4.69, 9.17) is 4.52 Å². The highest BCUT2D eigenvalue weighted by Gasteiger charge is 2.11. The fourth-order valence-electron chi connectivity index (χ4n) is 1.58. The van der Waals surface area contributed by atoms with Crippen molar-refractivity contribution >= 4 is 11.3 Å². The van der Waals surface area contributed by atoms with Crippen molar-refractivity contribution in [1.29, 1.82) is 0 Å². The van der Waals surface area contributed by atoms with Crippen LogP contribution >= 0.6 is 11.3 Å². The van der Waals surface area contributed by atoms with Crippen molar-refractivity contribution in [3.8, 4) is 11.5 Å².